The van der Waals surface area contributed by atoms with Crippen molar-refractivity contribution in [1.82, 2.24) is 4.98 Å². The number of anilines is 3. The molecule has 0 spiro atoms. The third-order valence-electron chi connectivity index (χ3n) is 5.71. The molecule has 3 aromatic rings. The Hall–Kier alpha value is -3.38. The zero-order chi connectivity index (χ0) is 22.9. The number of amides is 2. The summed E-state index contributed by atoms with van der Waals surface area (Å²) in [5, 5.41) is 3.40. The molecule has 4 rings (SSSR count). The molecule has 32 heavy (non-hydrogen) atoms. The molecule has 1 N–H and O–H groups in total. The predicted molar refractivity (Wildman–Crippen MR) is 125 cm³/mol. The van der Waals surface area contributed by atoms with Crippen molar-refractivity contribution in [2.75, 3.05) is 10.2 Å². The fraction of sp³-hybridized carbons (Fsp3) is 0.240. The molecule has 0 aliphatic carbocycles. The van der Waals surface area contributed by atoms with Crippen LogP contribution in [-0.2, 0) is 15.2 Å². The number of hydrogen-bond donors (Lipinski definition) is 1. The average molecular weight is 450 g/mol. The van der Waals surface area contributed by atoms with Crippen LogP contribution in [-0.4, -0.2) is 16.8 Å². The summed E-state index contributed by atoms with van der Waals surface area (Å²) in [6.45, 7) is 5.54. The number of benzene rings is 2. The second kappa shape index (κ2) is 8.63. The van der Waals surface area contributed by atoms with Gasteiger partial charge in [0.1, 0.15) is 11.5 Å². The molecule has 7 heteroatoms. The number of rotatable bonds is 5. The lowest BCUT2D eigenvalue weighted by molar-refractivity contribution is -0.134. The topological polar surface area (TPSA) is 71.5 Å². The first-order valence-corrected chi connectivity index (χ1v) is 10.9. The van der Waals surface area contributed by atoms with E-state index >= 15 is 0 Å². The fourth-order valence-corrected chi connectivity index (χ4v) is 3.65. The normalized spacial score (nSPS) is 18.5. The number of carbonyl (C=O) groups excluding carboxylic acids is 2. The molecule has 0 unspecified atom stereocenters. The van der Waals surface area contributed by atoms with E-state index in [9.17, 15) is 9.59 Å². The maximum atomic E-state index is 13.8. The van der Waals surface area contributed by atoms with Gasteiger partial charge in [0.25, 0.3) is 5.91 Å². The Morgan fingerprint density at radius 1 is 1.12 bits per heavy atom. The number of nitrogens with zero attached hydrogens (tertiary/aromatic N) is 2. The molecule has 2 heterocycles. The van der Waals surface area contributed by atoms with Gasteiger partial charge in [0.05, 0.1) is 0 Å². The Labute approximate surface area is 192 Å². The van der Waals surface area contributed by atoms with E-state index in [0.29, 0.717) is 27.8 Å². The van der Waals surface area contributed by atoms with Crippen LogP contribution in [0.4, 0.5) is 17.2 Å². The molecule has 0 bridgehead atoms. The molecule has 6 nitrogen and oxygen atoms in total. The summed E-state index contributed by atoms with van der Waals surface area (Å²) in [7, 11) is 0. The number of ether oxygens (including phenoxy) is 1. The molecular weight excluding hydrogens is 426 g/mol. The highest BCUT2D eigenvalue weighted by Gasteiger charge is 2.47. The summed E-state index contributed by atoms with van der Waals surface area (Å²) in [6.07, 6.45) is 0.720. The Bertz CT molecular complexity index is 1150. The van der Waals surface area contributed by atoms with E-state index in [1.165, 1.54) is 0 Å². The molecule has 164 valence electrons. The van der Waals surface area contributed by atoms with Crippen LogP contribution in [0.25, 0.3) is 0 Å². The minimum atomic E-state index is -1.31. The summed E-state index contributed by atoms with van der Waals surface area (Å²) < 4.78 is 6.22. The van der Waals surface area contributed by atoms with Gasteiger partial charge >= 0.3 is 0 Å². The second-order valence-corrected chi connectivity index (χ2v) is 8.37. The van der Waals surface area contributed by atoms with Crippen molar-refractivity contribution >= 4 is 40.6 Å². The maximum absolute atomic E-state index is 13.8. The van der Waals surface area contributed by atoms with Gasteiger partial charge in [-0.05, 0) is 49.7 Å². The molecule has 1 aliphatic rings. The van der Waals surface area contributed by atoms with Crippen LogP contribution in [0.2, 0.25) is 5.02 Å². The SMILES string of the molecule is CC[C@@H](C)C(=O)Nc1ccc2c(n1)O[C@@](C)(c1ccccc1)C(=O)N2c1ccc(Cl)cc1. The molecule has 1 aliphatic heterocycles. The number of carbonyl (C=O) groups is 2. The van der Waals surface area contributed by atoms with Crippen molar-refractivity contribution in [1.29, 1.82) is 0 Å². The summed E-state index contributed by atoms with van der Waals surface area (Å²) in [5.41, 5.74) is 0.530. The monoisotopic (exact) mass is 449 g/mol. The van der Waals surface area contributed by atoms with Gasteiger partial charge in [-0.15, -0.1) is 0 Å². The largest absolute Gasteiger partial charge is 0.455 e. The first kappa shape index (κ1) is 21.8. The van der Waals surface area contributed by atoms with Crippen LogP contribution in [0.15, 0.2) is 66.7 Å². The minimum Gasteiger partial charge on any atom is -0.455 e. The van der Waals surface area contributed by atoms with Crippen LogP contribution in [0, 0.1) is 5.92 Å². The van der Waals surface area contributed by atoms with Crippen LogP contribution < -0.4 is 15.0 Å². The van der Waals surface area contributed by atoms with Gasteiger partial charge in [-0.25, -0.2) is 0 Å². The van der Waals surface area contributed by atoms with Gasteiger partial charge in [-0.1, -0.05) is 55.8 Å². The standard InChI is InChI=1S/C25H24ClN3O3/c1-4-16(2)22(30)27-21-15-14-20-23(28-21)32-25(3,17-8-6-5-7-9-17)24(31)29(20)19-12-10-18(26)11-13-19/h5-16H,4H2,1-3H3,(H,27,28,30)/t16-,25+/m1/s1. The van der Waals surface area contributed by atoms with E-state index in [2.05, 4.69) is 10.3 Å². The van der Waals surface area contributed by atoms with Gasteiger partial charge in [0, 0.05) is 22.2 Å². The summed E-state index contributed by atoms with van der Waals surface area (Å²) in [4.78, 5) is 32.2. The van der Waals surface area contributed by atoms with Crippen molar-refractivity contribution in [3.63, 3.8) is 0 Å². The van der Waals surface area contributed by atoms with Crippen molar-refractivity contribution in [2.45, 2.75) is 32.8 Å². The summed E-state index contributed by atoms with van der Waals surface area (Å²) >= 11 is 6.07. The van der Waals surface area contributed by atoms with Crippen molar-refractivity contribution in [3.05, 3.63) is 77.3 Å². The smallest absolute Gasteiger partial charge is 0.280 e. The van der Waals surface area contributed by atoms with Crippen molar-refractivity contribution < 1.29 is 14.3 Å². The molecule has 1 aromatic heterocycles. The van der Waals surface area contributed by atoms with E-state index in [1.54, 1.807) is 48.2 Å². The number of hydrogen-bond acceptors (Lipinski definition) is 4. The van der Waals surface area contributed by atoms with E-state index in [0.717, 1.165) is 6.42 Å². The van der Waals surface area contributed by atoms with Gasteiger partial charge in [-0.2, -0.15) is 4.98 Å². The molecule has 0 saturated heterocycles. The predicted octanol–water partition coefficient (Wildman–Crippen LogP) is 5.69. The highest BCUT2D eigenvalue weighted by molar-refractivity contribution is 6.30. The molecule has 0 fully saturated rings. The van der Waals surface area contributed by atoms with Crippen molar-refractivity contribution in [3.8, 4) is 5.88 Å². The molecule has 2 amide bonds. The van der Waals surface area contributed by atoms with E-state index in [1.807, 2.05) is 44.2 Å². The Kier molecular flexibility index (Phi) is 5.89. The van der Waals surface area contributed by atoms with Gasteiger partial charge < -0.3 is 10.1 Å². The number of aromatic nitrogens is 1. The van der Waals surface area contributed by atoms with Gasteiger partial charge in [0.2, 0.25) is 17.4 Å². The highest BCUT2D eigenvalue weighted by atomic mass is 35.5. The first-order valence-electron chi connectivity index (χ1n) is 10.5. The van der Waals surface area contributed by atoms with E-state index in [4.69, 9.17) is 16.3 Å². The highest BCUT2D eigenvalue weighted by Crippen LogP contribution is 2.45. The average Bonchev–Trinajstić information content (AvgIpc) is 2.81. The Morgan fingerprint density at radius 2 is 1.81 bits per heavy atom. The Morgan fingerprint density at radius 3 is 2.47 bits per heavy atom. The zero-order valence-electron chi connectivity index (χ0n) is 18.1. The van der Waals surface area contributed by atoms with Crippen LogP contribution in [0.5, 0.6) is 5.88 Å². The summed E-state index contributed by atoms with van der Waals surface area (Å²) in [5.74, 6) is 0.113. The molecule has 2 atom stereocenters. The lowest BCUT2D eigenvalue weighted by Gasteiger charge is -2.40. The zero-order valence-corrected chi connectivity index (χ0v) is 18.9. The van der Waals surface area contributed by atoms with Crippen LogP contribution in [0.1, 0.15) is 32.8 Å². The number of fused-ring (bicyclic) bond motifs is 1. The molecule has 0 saturated carbocycles. The lowest BCUT2D eigenvalue weighted by atomic mass is 9.92. The number of halogens is 1. The van der Waals surface area contributed by atoms with Gasteiger partial charge in [-0.3, -0.25) is 14.5 Å². The van der Waals surface area contributed by atoms with Crippen molar-refractivity contribution in [2.24, 2.45) is 5.92 Å². The third kappa shape index (κ3) is 3.94. The van der Waals surface area contributed by atoms with E-state index < -0.39 is 5.60 Å². The fourth-order valence-electron chi connectivity index (χ4n) is 3.53. The van der Waals surface area contributed by atoms with Crippen LogP contribution >= 0.6 is 11.6 Å². The van der Waals surface area contributed by atoms with Crippen LogP contribution in [0.3, 0.4) is 0 Å². The molecular formula is C25H24ClN3O3. The maximum Gasteiger partial charge on any atom is 0.280 e. The Balaban J connectivity index is 1.82. The number of nitrogens with one attached hydrogen (secondary N) is 1. The first-order chi connectivity index (χ1) is 15.3. The third-order valence-corrected chi connectivity index (χ3v) is 5.97. The number of pyridine rings is 1. The molecule has 0 radical (unpaired) electrons. The quantitative estimate of drug-likeness (QED) is 0.543. The summed E-state index contributed by atoms with van der Waals surface area (Å²) in [6, 6.07) is 19.7. The van der Waals surface area contributed by atoms with E-state index in [-0.39, 0.29) is 23.6 Å². The lowest BCUT2D eigenvalue weighted by Crippen LogP contribution is -2.50. The van der Waals surface area contributed by atoms with Gasteiger partial charge in [0.15, 0.2) is 0 Å². The molecule has 2 aromatic carbocycles. The minimum absolute atomic E-state index is 0.118. The second-order valence-electron chi connectivity index (χ2n) is 7.94.